The van der Waals surface area contributed by atoms with Crippen molar-refractivity contribution in [3.8, 4) is 22.7 Å². The summed E-state index contributed by atoms with van der Waals surface area (Å²) in [5.74, 6) is 0.446. The van der Waals surface area contributed by atoms with Gasteiger partial charge in [0, 0.05) is 17.7 Å². The highest BCUT2D eigenvalue weighted by Gasteiger charge is 2.25. The van der Waals surface area contributed by atoms with Crippen LogP contribution < -0.4 is 0 Å². The number of carbonyl (C=O) groups is 1. The Bertz CT molecular complexity index is 1200. The highest BCUT2D eigenvalue weighted by Crippen LogP contribution is 2.27. The molecule has 158 valence electrons. The van der Waals surface area contributed by atoms with Crippen LogP contribution in [0.15, 0.2) is 63.5 Å². The van der Waals surface area contributed by atoms with Gasteiger partial charge in [-0.1, -0.05) is 58.7 Å². The Hall–Kier alpha value is -3.45. The highest BCUT2D eigenvalue weighted by atomic mass is 35.5. The van der Waals surface area contributed by atoms with E-state index in [-0.39, 0.29) is 24.3 Å². The van der Waals surface area contributed by atoms with Crippen LogP contribution >= 0.6 is 11.6 Å². The van der Waals surface area contributed by atoms with Gasteiger partial charge in [-0.25, -0.2) is 0 Å². The van der Waals surface area contributed by atoms with Crippen LogP contribution in [0.2, 0.25) is 5.02 Å². The highest BCUT2D eigenvalue weighted by molar-refractivity contribution is 6.33. The molecular weight excluding hydrogens is 416 g/mol. The van der Waals surface area contributed by atoms with Gasteiger partial charge in [0.05, 0.1) is 17.1 Å². The van der Waals surface area contributed by atoms with Crippen molar-refractivity contribution >= 4 is 17.5 Å². The van der Waals surface area contributed by atoms with Crippen LogP contribution in [-0.4, -0.2) is 32.2 Å². The van der Waals surface area contributed by atoms with Crippen molar-refractivity contribution < 1.29 is 13.7 Å². The van der Waals surface area contributed by atoms with E-state index >= 15 is 0 Å². The lowest BCUT2D eigenvalue weighted by atomic mass is 10.1. The van der Waals surface area contributed by atoms with Gasteiger partial charge >= 0.3 is 0 Å². The van der Waals surface area contributed by atoms with Crippen LogP contribution in [0.5, 0.6) is 0 Å². The molecule has 2 aromatic heterocycles. The Balaban J connectivity index is 1.54. The molecule has 2 aromatic carbocycles. The Morgan fingerprint density at radius 2 is 1.84 bits per heavy atom. The van der Waals surface area contributed by atoms with Gasteiger partial charge in [0.1, 0.15) is 5.69 Å². The number of nitrogens with zero attached hydrogens (tertiary/aromatic N) is 4. The minimum atomic E-state index is -0.307. The first-order chi connectivity index (χ1) is 14.9. The molecule has 0 bridgehead atoms. The van der Waals surface area contributed by atoms with E-state index in [1.165, 1.54) is 0 Å². The van der Waals surface area contributed by atoms with E-state index in [1.54, 1.807) is 23.1 Å². The number of hydrogen-bond donors (Lipinski definition) is 0. The predicted molar refractivity (Wildman–Crippen MR) is 116 cm³/mol. The number of aryl methyl sites for hydroxylation is 1. The molecule has 8 heteroatoms. The zero-order valence-electron chi connectivity index (χ0n) is 17.4. The van der Waals surface area contributed by atoms with Crippen molar-refractivity contribution in [1.82, 2.24) is 20.3 Å². The maximum absolute atomic E-state index is 13.1. The molecule has 2 heterocycles. The normalized spacial score (nSPS) is 11.1. The fourth-order valence-corrected chi connectivity index (χ4v) is 3.29. The minimum absolute atomic E-state index is 0.129. The van der Waals surface area contributed by atoms with Crippen LogP contribution in [0.25, 0.3) is 22.7 Å². The molecule has 0 unspecified atom stereocenters. The second-order valence-corrected chi connectivity index (χ2v) is 7.86. The van der Waals surface area contributed by atoms with E-state index in [0.29, 0.717) is 28.1 Å². The largest absolute Gasteiger partial charge is 0.419 e. The lowest BCUT2D eigenvalue weighted by Gasteiger charge is -2.23. The van der Waals surface area contributed by atoms with E-state index < -0.39 is 0 Å². The van der Waals surface area contributed by atoms with Gasteiger partial charge in [-0.3, -0.25) is 4.79 Å². The molecule has 1 amide bonds. The molecule has 0 radical (unpaired) electrons. The summed E-state index contributed by atoms with van der Waals surface area (Å²) in [4.78, 5) is 14.7. The SMILES string of the molecule is Cc1ccc(-c2cc(C(=O)N(Cc3nnc(-c4ccccc4Cl)o3)C(C)C)on2)cc1. The molecule has 0 aliphatic carbocycles. The smallest absolute Gasteiger partial charge is 0.293 e. The Morgan fingerprint density at radius 1 is 1.10 bits per heavy atom. The van der Waals surface area contributed by atoms with Gasteiger partial charge in [-0.2, -0.15) is 0 Å². The third-order valence-electron chi connectivity index (χ3n) is 4.83. The zero-order chi connectivity index (χ0) is 22.0. The number of carbonyl (C=O) groups excluding carboxylic acids is 1. The van der Waals surface area contributed by atoms with Crippen LogP contribution in [0, 0.1) is 6.92 Å². The summed E-state index contributed by atoms with van der Waals surface area (Å²) in [6, 6.07) is 16.6. The van der Waals surface area contributed by atoms with Crippen molar-refractivity contribution in [1.29, 1.82) is 0 Å². The summed E-state index contributed by atoms with van der Waals surface area (Å²) >= 11 is 6.20. The molecule has 4 rings (SSSR count). The third kappa shape index (κ3) is 4.51. The van der Waals surface area contributed by atoms with E-state index in [4.69, 9.17) is 20.5 Å². The summed E-state index contributed by atoms with van der Waals surface area (Å²) in [5.41, 5.74) is 3.27. The maximum Gasteiger partial charge on any atom is 0.293 e. The van der Waals surface area contributed by atoms with Gasteiger partial charge in [-0.15, -0.1) is 10.2 Å². The molecule has 0 saturated heterocycles. The van der Waals surface area contributed by atoms with Crippen molar-refractivity contribution in [2.75, 3.05) is 0 Å². The van der Waals surface area contributed by atoms with E-state index in [2.05, 4.69) is 15.4 Å². The minimum Gasteiger partial charge on any atom is -0.419 e. The van der Waals surface area contributed by atoms with Crippen LogP contribution in [-0.2, 0) is 6.54 Å². The molecule has 0 saturated carbocycles. The summed E-state index contributed by atoms with van der Waals surface area (Å²) < 4.78 is 11.1. The van der Waals surface area contributed by atoms with E-state index in [1.807, 2.05) is 57.2 Å². The molecule has 0 aliphatic rings. The topological polar surface area (TPSA) is 85.3 Å². The van der Waals surface area contributed by atoms with Gasteiger partial charge in [0.2, 0.25) is 17.5 Å². The molecule has 0 fully saturated rings. The second-order valence-electron chi connectivity index (χ2n) is 7.45. The summed E-state index contributed by atoms with van der Waals surface area (Å²) in [6.07, 6.45) is 0. The number of amides is 1. The number of hydrogen-bond acceptors (Lipinski definition) is 6. The Morgan fingerprint density at radius 3 is 2.55 bits per heavy atom. The molecule has 0 spiro atoms. The van der Waals surface area contributed by atoms with Crippen LogP contribution in [0.1, 0.15) is 35.9 Å². The fourth-order valence-electron chi connectivity index (χ4n) is 3.07. The number of halogens is 1. The lowest BCUT2D eigenvalue weighted by Crippen LogP contribution is -2.36. The lowest BCUT2D eigenvalue weighted by molar-refractivity contribution is 0.0630. The van der Waals surface area contributed by atoms with Crippen molar-refractivity contribution in [2.45, 2.75) is 33.4 Å². The predicted octanol–water partition coefficient (Wildman–Crippen LogP) is 5.40. The van der Waals surface area contributed by atoms with Gasteiger partial charge in [-0.05, 0) is 32.9 Å². The van der Waals surface area contributed by atoms with E-state index in [9.17, 15) is 4.79 Å². The molecule has 4 aromatic rings. The summed E-state index contributed by atoms with van der Waals surface area (Å²) in [7, 11) is 0. The first-order valence-electron chi connectivity index (χ1n) is 9.84. The monoisotopic (exact) mass is 436 g/mol. The second kappa shape index (κ2) is 8.73. The molecule has 0 N–H and O–H groups in total. The Kier molecular flexibility index (Phi) is 5.86. The van der Waals surface area contributed by atoms with E-state index in [0.717, 1.165) is 11.1 Å². The first kappa shape index (κ1) is 20.8. The van der Waals surface area contributed by atoms with Crippen molar-refractivity contribution in [3.05, 3.63) is 76.8 Å². The van der Waals surface area contributed by atoms with Crippen LogP contribution in [0.3, 0.4) is 0 Å². The van der Waals surface area contributed by atoms with Gasteiger partial charge in [0.15, 0.2) is 0 Å². The number of benzene rings is 2. The quantitative estimate of drug-likeness (QED) is 0.402. The van der Waals surface area contributed by atoms with Crippen molar-refractivity contribution in [2.24, 2.45) is 0 Å². The molecular formula is C23H21ClN4O3. The zero-order valence-corrected chi connectivity index (χ0v) is 18.1. The fraction of sp³-hybridized carbons (Fsp3) is 0.217. The van der Waals surface area contributed by atoms with Gasteiger partial charge < -0.3 is 13.8 Å². The van der Waals surface area contributed by atoms with Crippen molar-refractivity contribution in [3.63, 3.8) is 0 Å². The maximum atomic E-state index is 13.1. The average Bonchev–Trinajstić information content (AvgIpc) is 3.42. The molecule has 7 nitrogen and oxygen atoms in total. The number of aromatic nitrogens is 3. The summed E-state index contributed by atoms with van der Waals surface area (Å²) in [6.45, 7) is 5.95. The first-order valence-corrected chi connectivity index (χ1v) is 10.2. The van der Waals surface area contributed by atoms with Crippen LogP contribution in [0.4, 0.5) is 0 Å². The standard InChI is InChI=1S/C23H21ClN4O3/c1-14(2)28(13-21-25-26-22(30-21)17-6-4-5-7-18(17)24)23(29)20-12-19(27-31-20)16-10-8-15(3)9-11-16/h4-12,14H,13H2,1-3H3. The molecule has 0 aliphatic heterocycles. The summed E-state index contributed by atoms with van der Waals surface area (Å²) in [5, 5.41) is 12.7. The Labute approximate surface area is 184 Å². The molecule has 31 heavy (non-hydrogen) atoms. The number of rotatable bonds is 6. The van der Waals surface area contributed by atoms with Gasteiger partial charge in [0.25, 0.3) is 5.91 Å². The molecule has 0 atom stereocenters. The third-order valence-corrected chi connectivity index (χ3v) is 5.16. The average molecular weight is 437 g/mol.